The van der Waals surface area contributed by atoms with Gasteiger partial charge in [-0.25, -0.2) is 0 Å². The number of rotatable bonds is 15. The van der Waals surface area contributed by atoms with Crippen LogP contribution in [0, 0.1) is 6.92 Å². The maximum Gasteiger partial charge on any atom is 0.146 e. The smallest absolute Gasteiger partial charge is 0.146 e. The van der Waals surface area contributed by atoms with E-state index in [1.807, 2.05) is 31.2 Å². The molecule has 24 heavy (non-hydrogen) atoms. The van der Waals surface area contributed by atoms with Crippen LogP contribution in [-0.4, -0.2) is 76.0 Å². The summed E-state index contributed by atoms with van der Waals surface area (Å²) in [5, 5.41) is 18.3. The van der Waals surface area contributed by atoms with Crippen LogP contribution >= 0.6 is 0 Å². The van der Waals surface area contributed by atoms with Gasteiger partial charge in [0.05, 0.1) is 46.2 Å². The molecule has 0 aliphatic rings. The normalized spacial score (nSPS) is 12.3. The van der Waals surface area contributed by atoms with E-state index in [0.29, 0.717) is 26.4 Å². The number of aliphatic hydroxyl groups excluding tert-OH is 2. The minimum absolute atomic E-state index is 0.0148. The third-order valence-electron chi connectivity index (χ3n) is 2.89. The topological polar surface area (TPSA) is 86.6 Å². The van der Waals surface area contributed by atoms with Gasteiger partial charge in [0.1, 0.15) is 25.3 Å². The van der Waals surface area contributed by atoms with E-state index < -0.39 is 6.10 Å². The first kappa shape index (κ1) is 20.8. The number of aryl methyl sites for hydroxylation is 1. The Morgan fingerprint density at radius 3 is 2.38 bits per heavy atom. The monoisotopic (exact) mass is 344 g/mol. The number of ether oxygens (including phenoxy) is 5. The Morgan fingerprint density at radius 1 is 0.917 bits per heavy atom. The zero-order chi connectivity index (χ0) is 17.5. The average molecular weight is 344 g/mol. The fourth-order valence-corrected chi connectivity index (χ4v) is 1.74. The summed E-state index contributed by atoms with van der Waals surface area (Å²) in [6.45, 7) is 4.43. The summed E-state index contributed by atoms with van der Waals surface area (Å²) < 4.78 is 26.1. The van der Waals surface area contributed by atoms with Gasteiger partial charge in [0.15, 0.2) is 0 Å². The molecule has 7 heteroatoms. The second kappa shape index (κ2) is 14.2. The van der Waals surface area contributed by atoms with Gasteiger partial charge in [-0.3, -0.25) is 0 Å². The molecule has 0 radical (unpaired) electrons. The minimum Gasteiger partial charge on any atom is -0.491 e. The van der Waals surface area contributed by atoms with Crippen LogP contribution in [-0.2, 0) is 18.9 Å². The standard InChI is InChI=1S/C17H28O7/c1-15-3-2-4-17(11-15)24-13-16(19)12-21-9-7-20-8-10-23-14-22-6-5-18/h2-4,11,16,18-19H,5-10,12-14H2,1H3. The molecule has 0 fully saturated rings. The fourth-order valence-electron chi connectivity index (χ4n) is 1.74. The molecule has 0 aromatic heterocycles. The summed E-state index contributed by atoms with van der Waals surface area (Å²) in [4.78, 5) is 0. The molecule has 0 saturated carbocycles. The third-order valence-corrected chi connectivity index (χ3v) is 2.89. The maximum atomic E-state index is 9.78. The highest BCUT2D eigenvalue weighted by atomic mass is 16.7. The summed E-state index contributed by atoms with van der Waals surface area (Å²) in [5.74, 6) is 0.736. The molecular weight excluding hydrogens is 316 g/mol. The summed E-state index contributed by atoms with van der Waals surface area (Å²) in [6, 6.07) is 7.66. The van der Waals surface area contributed by atoms with E-state index in [1.54, 1.807) is 0 Å². The zero-order valence-corrected chi connectivity index (χ0v) is 14.2. The predicted octanol–water partition coefficient (Wildman–Crippen LogP) is 0.751. The van der Waals surface area contributed by atoms with Crippen molar-refractivity contribution in [2.45, 2.75) is 13.0 Å². The second-order valence-corrected chi connectivity index (χ2v) is 5.13. The summed E-state index contributed by atoms with van der Waals surface area (Å²) in [5.41, 5.74) is 1.11. The quantitative estimate of drug-likeness (QED) is 0.359. The average Bonchev–Trinajstić information content (AvgIpc) is 2.58. The van der Waals surface area contributed by atoms with Crippen LogP contribution in [0.5, 0.6) is 5.75 Å². The highest BCUT2D eigenvalue weighted by Gasteiger charge is 2.05. The van der Waals surface area contributed by atoms with Crippen LogP contribution in [0.2, 0.25) is 0 Å². The van der Waals surface area contributed by atoms with Gasteiger partial charge >= 0.3 is 0 Å². The van der Waals surface area contributed by atoms with E-state index in [4.69, 9.17) is 28.8 Å². The molecule has 2 N–H and O–H groups in total. The summed E-state index contributed by atoms with van der Waals surface area (Å²) >= 11 is 0. The Kier molecular flexibility index (Phi) is 12.3. The van der Waals surface area contributed by atoms with Gasteiger partial charge in [0.25, 0.3) is 0 Å². The molecule has 0 spiro atoms. The van der Waals surface area contributed by atoms with Crippen LogP contribution in [0.25, 0.3) is 0 Å². The lowest BCUT2D eigenvalue weighted by molar-refractivity contribution is -0.0799. The molecule has 0 heterocycles. The number of aliphatic hydroxyl groups is 2. The Hall–Kier alpha value is -1.22. The van der Waals surface area contributed by atoms with E-state index in [-0.39, 0.29) is 33.2 Å². The molecule has 1 aromatic rings. The lowest BCUT2D eigenvalue weighted by atomic mass is 10.2. The van der Waals surface area contributed by atoms with Crippen molar-refractivity contribution in [3.63, 3.8) is 0 Å². The van der Waals surface area contributed by atoms with Gasteiger partial charge in [0.2, 0.25) is 0 Å². The first-order chi connectivity index (χ1) is 11.7. The Balaban J connectivity index is 1.88. The molecule has 7 nitrogen and oxygen atoms in total. The van der Waals surface area contributed by atoms with E-state index in [0.717, 1.165) is 11.3 Å². The first-order valence-corrected chi connectivity index (χ1v) is 8.01. The van der Waals surface area contributed by atoms with Gasteiger partial charge in [0, 0.05) is 0 Å². The number of hydrogen-bond donors (Lipinski definition) is 2. The number of hydrogen-bond acceptors (Lipinski definition) is 7. The van der Waals surface area contributed by atoms with Crippen LogP contribution in [0.1, 0.15) is 5.56 Å². The molecular formula is C17H28O7. The summed E-state index contributed by atoms with van der Waals surface area (Å²) in [6.07, 6.45) is -0.683. The van der Waals surface area contributed by atoms with Crippen molar-refractivity contribution in [3.8, 4) is 5.75 Å². The highest BCUT2D eigenvalue weighted by Crippen LogP contribution is 2.12. The minimum atomic E-state index is -0.683. The van der Waals surface area contributed by atoms with Gasteiger partial charge < -0.3 is 33.9 Å². The summed E-state index contributed by atoms with van der Waals surface area (Å²) in [7, 11) is 0. The molecule has 138 valence electrons. The van der Waals surface area contributed by atoms with E-state index >= 15 is 0 Å². The lowest BCUT2D eigenvalue weighted by Gasteiger charge is -2.13. The maximum absolute atomic E-state index is 9.78. The molecule has 0 aliphatic carbocycles. The Bertz CT molecular complexity index is 414. The molecule has 0 bridgehead atoms. The van der Waals surface area contributed by atoms with Crippen molar-refractivity contribution in [1.29, 1.82) is 0 Å². The Morgan fingerprint density at radius 2 is 1.62 bits per heavy atom. The highest BCUT2D eigenvalue weighted by molar-refractivity contribution is 5.27. The largest absolute Gasteiger partial charge is 0.491 e. The van der Waals surface area contributed by atoms with E-state index in [2.05, 4.69) is 0 Å². The van der Waals surface area contributed by atoms with Crippen LogP contribution in [0.3, 0.4) is 0 Å². The molecule has 1 rings (SSSR count). The SMILES string of the molecule is Cc1cccc(OCC(O)COCCOCCOCOCCO)c1. The van der Waals surface area contributed by atoms with Crippen molar-refractivity contribution in [3.05, 3.63) is 29.8 Å². The molecule has 1 unspecified atom stereocenters. The van der Waals surface area contributed by atoms with Crippen molar-refractivity contribution in [1.82, 2.24) is 0 Å². The van der Waals surface area contributed by atoms with Crippen molar-refractivity contribution < 1.29 is 33.9 Å². The zero-order valence-electron chi connectivity index (χ0n) is 14.2. The van der Waals surface area contributed by atoms with Gasteiger partial charge in [-0.1, -0.05) is 12.1 Å². The van der Waals surface area contributed by atoms with Crippen LogP contribution in [0.15, 0.2) is 24.3 Å². The fraction of sp³-hybridized carbons (Fsp3) is 0.647. The van der Waals surface area contributed by atoms with E-state index in [1.165, 1.54) is 0 Å². The molecule has 1 aromatic carbocycles. The van der Waals surface area contributed by atoms with Gasteiger partial charge in [-0.2, -0.15) is 0 Å². The van der Waals surface area contributed by atoms with E-state index in [9.17, 15) is 5.11 Å². The van der Waals surface area contributed by atoms with Gasteiger partial charge in [-0.05, 0) is 24.6 Å². The molecule has 0 saturated heterocycles. The predicted molar refractivity (Wildman–Crippen MR) is 88.2 cm³/mol. The van der Waals surface area contributed by atoms with Gasteiger partial charge in [-0.15, -0.1) is 0 Å². The molecule has 1 atom stereocenters. The van der Waals surface area contributed by atoms with Crippen molar-refractivity contribution in [2.75, 3.05) is 59.6 Å². The van der Waals surface area contributed by atoms with Crippen molar-refractivity contribution >= 4 is 0 Å². The first-order valence-electron chi connectivity index (χ1n) is 8.01. The molecule has 0 aliphatic heterocycles. The van der Waals surface area contributed by atoms with Crippen LogP contribution < -0.4 is 4.74 Å². The number of benzene rings is 1. The molecule has 0 amide bonds. The van der Waals surface area contributed by atoms with Crippen LogP contribution in [0.4, 0.5) is 0 Å². The Labute approximate surface area is 143 Å². The second-order valence-electron chi connectivity index (χ2n) is 5.13. The third kappa shape index (κ3) is 11.3. The lowest BCUT2D eigenvalue weighted by Crippen LogP contribution is -2.24. The van der Waals surface area contributed by atoms with Crippen molar-refractivity contribution in [2.24, 2.45) is 0 Å².